The third-order valence-electron chi connectivity index (χ3n) is 1.22. The minimum Gasteiger partial charge on any atom is -0.358 e. The number of hydrogen-bond acceptors (Lipinski definition) is 1. The van der Waals surface area contributed by atoms with Crippen LogP contribution in [-0.2, 0) is 6.54 Å². The lowest BCUT2D eigenvalue weighted by molar-refractivity contribution is 0.962. The quantitative estimate of drug-likeness (QED) is 0.553. The Kier molecular flexibility index (Phi) is 2.34. The van der Waals surface area contributed by atoms with E-state index in [2.05, 4.69) is 17.4 Å². The Morgan fingerprint density at radius 2 is 1.89 bits per heavy atom. The van der Waals surface area contributed by atoms with E-state index in [4.69, 9.17) is 0 Å². The predicted molar refractivity (Wildman–Crippen MR) is 41.8 cm³/mol. The van der Waals surface area contributed by atoms with Crippen LogP contribution in [0.15, 0.2) is 30.3 Å². The highest BCUT2D eigenvalue weighted by atomic mass is 14.7. The van der Waals surface area contributed by atoms with Crippen LogP contribution >= 0.6 is 0 Å². The van der Waals surface area contributed by atoms with Crippen LogP contribution in [0.4, 0.5) is 0 Å². The molecule has 2 heteroatoms. The molecule has 0 amide bonds. The van der Waals surface area contributed by atoms with Crippen LogP contribution in [0, 0.1) is 0 Å². The first-order valence-electron chi connectivity index (χ1n) is 3.12. The summed E-state index contributed by atoms with van der Waals surface area (Å²) < 4.78 is 0. The fraction of sp³-hybridized carbons (Fsp3) is 0.143. The third-order valence-corrected chi connectivity index (χ3v) is 1.22. The molecular weight excluding hydrogens is 109 g/mol. The number of rotatable bonds is 2. The number of benzene rings is 1. The zero-order chi connectivity index (χ0) is 6.53. The first kappa shape index (κ1) is 6.37. The van der Waals surface area contributed by atoms with Gasteiger partial charge < -0.3 is 5.23 Å². The molecule has 9 heavy (non-hydrogen) atoms. The van der Waals surface area contributed by atoms with Crippen molar-refractivity contribution in [3.63, 3.8) is 0 Å². The molecule has 1 aromatic carbocycles. The second-order valence-electron chi connectivity index (χ2n) is 2.02. The van der Waals surface area contributed by atoms with Crippen LogP contribution in [0.5, 0.6) is 0 Å². The Balaban J connectivity index is 2.61. The molecule has 1 aromatic rings. The maximum Gasteiger partial charge on any atom is 0.182 e. The van der Waals surface area contributed by atoms with Gasteiger partial charge in [0.25, 0.3) is 0 Å². The minimum atomic E-state index is 0.959. The molecule has 0 saturated carbocycles. The molecular formula is C7H10BN. The normalized spacial score (nSPS) is 9.33. The molecule has 1 N–H and O–H groups in total. The molecule has 0 atom stereocenters. The average Bonchev–Trinajstić information content (AvgIpc) is 1.91. The molecule has 0 aromatic heterocycles. The molecule has 0 unspecified atom stereocenters. The summed E-state index contributed by atoms with van der Waals surface area (Å²) in [4.78, 5) is 0. The maximum atomic E-state index is 3.08. The van der Waals surface area contributed by atoms with Crippen molar-refractivity contribution >= 4 is 7.98 Å². The number of hydrogen-bond donors (Lipinski definition) is 1. The highest BCUT2D eigenvalue weighted by molar-refractivity contribution is 6.04. The Morgan fingerprint density at radius 3 is 2.44 bits per heavy atom. The van der Waals surface area contributed by atoms with E-state index in [9.17, 15) is 0 Å². The van der Waals surface area contributed by atoms with E-state index < -0.39 is 0 Å². The van der Waals surface area contributed by atoms with E-state index in [1.54, 1.807) is 0 Å². The Hall–Kier alpha value is -0.755. The Bertz CT molecular complexity index is 162. The second kappa shape index (κ2) is 3.31. The second-order valence-corrected chi connectivity index (χ2v) is 2.02. The minimum absolute atomic E-state index is 0.959. The predicted octanol–water partition coefficient (Wildman–Crippen LogP) is 0.324. The van der Waals surface area contributed by atoms with Gasteiger partial charge in [-0.25, -0.2) is 0 Å². The summed E-state index contributed by atoms with van der Waals surface area (Å²) >= 11 is 0. The van der Waals surface area contributed by atoms with Crippen molar-refractivity contribution in [2.45, 2.75) is 6.54 Å². The summed E-state index contributed by atoms with van der Waals surface area (Å²) in [6, 6.07) is 10.3. The molecule has 0 fully saturated rings. The summed E-state index contributed by atoms with van der Waals surface area (Å²) in [6.07, 6.45) is 0. The van der Waals surface area contributed by atoms with Gasteiger partial charge in [-0.3, -0.25) is 0 Å². The van der Waals surface area contributed by atoms with Crippen molar-refractivity contribution in [3.05, 3.63) is 35.9 Å². The van der Waals surface area contributed by atoms with Gasteiger partial charge in [-0.2, -0.15) is 0 Å². The molecule has 1 rings (SSSR count). The molecule has 0 bridgehead atoms. The Morgan fingerprint density at radius 1 is 1.22 bits per heavy atom. The SMILES string of the molecule is BNCc1ccccc1. The lowest BCUT2D eigenvalue weighted by Gasteiger charge is -1.96. The fourth-order valence-electron chi connectivity index (χ4n) is 0.800. The van der Waals surface area contributed by atoms with Crippen LogP contribution in [0.1, 0.15) is 5.56 Å². The zero-order valence-corrected chi connectivity index (χ0v) is 5.59. The lowest BCUT2D eigenvalue weighted by atomic mass is 10.2. The van der Waals surface area contributed by atoms with Gasteiger partial charge in [0, 0.05) is 6.54 Å². The van der Waals surface area contributed by atoms with Crippen LogP contribution in [0.3, 0.4) is 0 Å². The van der Waals surface area contributed by atoms with Crippen molar-refractivity contribution in [2.24, 2.45) is 0 Å². The average molecular weight is 119 g/mol. The molecule has 0 aliphatic carbocycles. The van der Waals surface area contributed by atoms with Gasteiger partial charge in [0.1, 0.15) is 0 Å². The topological polar surface area (TPSA) is 12.0 Å². The van der Waals surface area contributed by atoms with Gasteiger partial charge in [0.2, 0.25) is 0 Å². The van der Waals surface area contributed by atoms with Crippen molar-refractivity contribution in [1.82, 2.24) is 5.23 Å². The van der Waals surface area contributed by atoms with E-state index >= 15 is 0 Å². The summed E-state index contributed by atoms with van der Waals surface area (Å²) in [5, 5.41) is 3.08. The highest BCUT2D eigenvalue weighted by Gasteiger charge is 1.83. The fourth-order valence-corrected chi connectivity index (χ4v) is 0.800. The molecule has 1 nitrogen and oxygen atoms in total. The first-order chi connectivity index (χ1) is 4.43. The van der Waals surface area contributed by atoms with Crippen LogP contribution in [-0.4, -0.2) is 7.98 Å². The zero-order valence-electron chi connectivity index (χ0n) is 5.59. The third kappa shape index (κ3) is 1.90. The standard InChI is InChI=1S/C7H10BN/c8-9-6-7-4-2-1-3-5-7/h1-5,9H,6,8H2. The summed E-state index contributed by atoms with van der Waals surface area (Å²) in [5.74, 6) is 0. The van der Waals surface area contributed by atoms with E-state index in [1.165, 1.54) is 5.56 Å². The van der Waals surface area contributed by atoms with E-state index in [0.29, 0.717) is 0 Å². The van der Waals surface area contributed by atoms with E-state index in [-0.39, 0.29) is 0 Å². The monoisotopic (exact) mass is 119 g/mol. The molecule has 0 aliphatic heterocycles. The van der Waals surface area contributed by atoms with Gasteiger partial charge in [-0.05, 0) is 5.56 Å². The van der Waals surface area contributed by atoms with Crippen molar-refractivity contribution in [3.8, 4) is 0 Å². The summed E-state index contributed by atoms with van der Waals surface area (Å²) in [6.45, 7) is 0.959. The van der Waals surface area contributed by atoms with Crippen molar-refractivity contribution < 1.29 is 0 Å². The molecule has 0 radical (unpaired) electrons. The van der Waals surface area contributed by atoms with Crippen LogP contribution < -0.4 is 5.23 Å². The largest absolute Gasteiger partial charge is 0.358 e. The summed E-state index contributed by atoms with van der Waals surface area (Å²) in [5.41, 5.74) is 1.33. The Labute approximate surface area is 56.5 Å². The van der Waals surface area contributed by atoms with E-state index in [1.807, 2.05) is 26.2 Å². The molecule has 0 saturated heterocycles. The molecule has 0 heterocycles. The first-order valence-corrected chi connectivity index (χ1v) is 3.12. The van der Waals surface area contributed by atoms with Gasteiger partial charge in [-0.1, -0.05) is 30.3 Å². The van der Waals surface area contributed by atoms with Gasteiger partial charge in [0.05, 0.1) is 0 Å². The van der Waals surface area contributed by atoms with Crippen molar-refractivity contribution in [1.29, 1.82) is 0 Å². The van der Waals surface area contributed by atoms with Gasteiger partial charge in [0.15, 0.2) is 7.98 Å². The number of nitrogens with one attached hydrogen (secondary N) is 1. The molecule has 46 valence electrons. The van der Waals surface area contributed by atoms with Gasteiger partial charge >= 0.3 is 0 Å². The molecule has 0 aliphatic rings. The van der Waals surface area contributed by atoms with Gasteiger partial charge in [-0.15, -0.1) is 0 Å². The summed E-state index contributed by atoms with van der Waals surface area (Å²) in [7, 11) is 1.95. The smallest absolute Gasteiger partial charge is 0.182 e. The highest BCUT2D eigenvalue weighted by Crippen LogP contribution is 1.95. The molecule has 0 spiro atoms. The van der Waals surface area contributed by atoms with Crippen LogP contribution in [0.25, 0.3) is 0 Å². The van der Waals surface area contributed by atoms with E-state index in [0.717, 1.165) is 6.54 Å². The lowest BCUT2D eigenvalue weighted by Crippen LogP contribution is -2.06. The van der Waals surface area contributed by atoms with Crippen molar-refractivity contribution in [2.75, 3.05) is 0 Å². The van der Waals surface area contributed by atoms with Crippen LogP contribution in [0.2, 0.25) is 0 Å². The maximum absolute atomic E-state index is 3.08.